The maximum absolute atomic E-state index is 13.4. The summed E-state index contributed by atoms with van der Waals surface area (Å²) in [5, 5.41) is 6.28. The van der Waals surface area contributed by atoms with E-state index in [0.717, 1.165) is 11.1 Å². The molecule has 0 aliphatic carbocycles. The van der Waals surface area contributed by atoms with Gasteiger partial charge in [0.1, 0.15) is 0 Å². The van der Waals surface area contributed by atoms with Gasteiger partial charge in [-0.1, -0.05) is 60.7 Å². The number of hydrogen-bond donors (Lipinski definition) is 2. The Morgan fingerprint density at radius 1 is 0.767 bits per heavy atom. The van der Waals surface area contributed by atoms with Crippen molar-refractivity contribution in [3.63, 3.8) is 0 Å². The summed E-state index contributed by atoms with van der Waals surface area (Å²) in [5.74, 6) is 0. The molecule has 8 nitrogen and oxygen atoms in total. The topological polar surface area (TPSA) is 89.7 Å². The van der Waals surface area contributed by atoms with Crippen LogP contribution in [0.25, 0.3) is 0 Å². The monoisotopic (exact) mass is 406 g/mol. The summed E-state index contributed by atoms with van der Waals surface area (Å²) >= 11 is 0. The van der Waals surface area contributed by atoms with Crippen LogP contribution in [0.5, 0.6) is 0 Å². The first-order valence-corrected chi connectivity index (χ1v) is 10.2. The van der Waals surface area contributed by atoms with Gasteiger partial charge in [-0.15, -0.1) is 0 Å². The fourth-order valence-corrected chi connectivity index (χ4v) is 4.92. The summed E-state index contributed by atoms with van der Waals surface area (Å²) < 4.78 is 10.9. The Bertz CT molecular complexity index is 955. The molecule has 30 heavy (non-hydrogen) atoms. The van der Waals surface area contributed by atoms with E-state index < -0.39 is 11.3 Å². The molecule has 2 atom stereocenters. The van der Waals surface area contributed by atoms with E-state index in [9.17, 15) is 9.59 Å². The van der Waals surface area contributed by atoms with Crippen LogP contribution in [0, 0.1) is 0 Å². The lowest BCUT2D eigenvalue weighted by atomic mass is 9.81. The van der Waals surface area contributed by atoms with Gasteiger partial charge in [0.2, 0.25) is 0 Å². The normalized spacial score (nSPS) is 33.9. The van der Waals surface area contributed by atoms with Crippen molar-refractivity contribution in [2.75, 3.05) is 26.3 Å². The fraction of sp³-hybridized carbons (Fsp3) is 0.364. The Labute approximate surface area is 173 Å². The summed E-state index contributed by atoms with van der Waals surface area (Å²) in [7, 11) is 0. The number of hydrogen-bond acceptors (Lipinski definition) is 4. The molecular formula is C22H22N4O4. The molecule has 4 saturated heterocycles. The second-order valence-corrected chi connectivity index (χ2v) is 8.15. The quantitative estimate of drug-likeness (QED) is 0.713. The van der Waals surface area contributed by atoms with Gasteiger partial charge in [0.15, 0.2) is 11.3 Å². The smallest absolute Gasteiger partial charge is 0.322 e. The van der Waals surface area contributed by atoms with E-state index in [2.05, 4.69) is 10.6 Å². The number of ether oxygens (including phenoxy) is 2. The third-order valence-electron chi connectivity index (χ3n) is 6.34. The van der Waals surface area contributed by atoms with E-state index in [4.69, 9.17) is 9.47 Å². The molecule has 4 aliphatic rings. The highest BCUT2D eigenvalue weighted by atomic mass is 16.6. The van der Waals surface area contributed by atoms with Gasteiger partial charge in [0.05, 0.1) is 38.5 Å². The van der Waals surface area contributed by atoms with E-state index in [-0.39, 0.29) is 24.3 Å². The first-order chi connectivity index (χ1) is 14.6. The molecule has 0 radical (unpaired) electrons. The van der Waals surface area contributed by atoms with Crippen molar-refractivity contribution in [2.45, 2.75) is 23.5 Å². The Hall–Kier alpha value is -3.10. The molecule has 0 saturated carbocycles. The third-order valence-corrected chi connectivity index (χ3v) is 6.34. The number of carbonyl (C=O) groups is 2. The number of fused-ring (bicyclic) bond motifs is 1. The molecule has 0 bridgehead atoms. The lowest BCUT2D eigenvalue weighted by molar-refractivity contribution is -0.0181. The molecule has 0 aromatic heterocycles. The van der Waals surface area contributed by atoms with Gasteiger partial charge >= 0.3 is 12.1 Å². The highest BCUT2D eigenvalue weighted by molar-refractivity contribution is 5.89. The number of carbonyl (C=O) groups excluding carboxylic acids is 2. The SMILES string of the molecule is O=C1NC2(c3ccccc3)NC(=O)N(CC3CO3)C2(c2ccccc2)N1CC1CO1. The van der Waals surface area contributed by atoms with Crippen LogP contribution in [-0.4, -0.2) is 60.4 Å². The van der Waals surface area contributed by atoms with Gasteiger partial charge < -0.3 is 20.1 Å². The van der Waals surface area contributed by atoms with Crippen molar-refractivity contribution in [2.24, 2.45) is 0 Å². The average molecular weight is 406 g/mol. The van der Waals surface area contributed by atoms with E-state index >= 15 is 0 Å². The minimum atomic E-state index is -1.15. The maximum atomic E-state index is 13.4. The van der Waals surface area contributed by atoms with Crippen molar-refractivity contribution in [3.05, 3.63) is 71.8 Å². The first kappa shape index (κ1) is 17.7. The second kappa shape index (κ2) is 6.20. The standard InChI is InChI=1S/C22H22N4O4/c27-19-23-21(15-7-3-1-4-8-15)22(16-9-5-2-6-10-16,25(19)11-17-13-29-17)26(20(28)24-21)12-18-14-30-18/h1-10,17-18H,11-14H2,(H,23,27)(H,24,28). The number of rotatable bonds is 6. The number of epoxide rings is 2. The molecule has 4 amide bonds. The van der Waals surface area contributed by atoms with E-state index in [1.54, 1.807) is 9.80 Å². The number of nitrogens with zero attached hydrogens (tertiary/aromatic N) is 2. The predicted octanol–water partition coefficient (Wildman–Crippen LogP) is 1.54. The zero-order chi connectivity index (χ0) is 20.3. The van der Waals surface area contributed by atoms with Crippen LogP contribution >= 0.6 is 0 Å². The van der Waals surface area contributed by atoms with E-state index in [1.165, 1.54) is 0 Å². The molecule has 2 aromatic rings. The Balaban J connectivity index is 1.62. The van der Waals surface area contributed by atoms with Crippen LogP contribution in [0.1, 0.15) is 11.1 Å². The Morgan fingerprint density at radius 2 is 1.20 bits per heavy atom. The van der Waals surface area contributed by atoms with Crippen LogP contribution in [0.2, 0.25) is 0 Å². The van der Waals surface area contributed by atoms with Gasteiger partial charge in [0, 0.05) is 11.1 Å². The summed E-state index contributed by atoms with van der Waals surface area (Å²) in [6.45, 7) is 2.01. The second-order valence-electron chi connectivity index (χ2n) is 8.15. The van der Waals surface area contributed by atoms with Crippen molar-refractivity contribution >= 4 is 12.1 Å². The van der Waals surface area contributed by atoms with Crippen LogP contribution in [0.15, 0.2) is 60.7 Å². The van der Waals surface area contributed by atoms with Crippen LogP contribution in [0.4, 0.5) is 9.59 Å². The number of amides is 4. The summed E-state index contributed by atoms with van der Waals surface area (Å²) in [4.78, 5) is 30.3. The summed E-state index contributed by atoms with van der Waals surface area (Å²) in [6.07, 6.45) is -0.0599. The molecule has 2 aromatic carbocycles. The molecule has 154 valence electrons. The first-order valence-electron chi connectivity index (χ1n) is 10.2. The molecule has 2 unspecified atom stereocenters. The van der Waals surface area contributed by atoms with Gasteiger partial charge in [-0.25, -0.2) is 9.59 Å². The van der Waals surface area contributed by atoms with Crippen molar-refractivity contribution in [3.8, 4) is 0 Å². The summed E-state index contributed by atoms with van der Waals surface area (Å²) in [6, 6.07) is 18.9. The van der Waals surface area contributed by atoms with Crippen LogP contribution < -0.4 is 10.6 Å². The average Bonchev–Trinajstić information content (AvgIpc) is 3.69. The van der Waals surface area contributed by atoms with E-state index in [0.29, 0.717) is 26.3 Å². The number of nitrogens with one attached hydrogen (secondary N) is 2. The molecule has 4 heterocycles. The highest BCUT2D eigenvalue weighted by Gasteiger charge is 2.74. The minimum Gasteiger partial charge on any atom is -0.371 e. The van der Waals surface area contributed by atoms with E-state index in [1.807, 2.05) is 60.7 Å². The Morgan fingerprint density at radius 3 is 1.63 bits per heavy atom. The molecule has 0 spiro atoms. The Kier molecular flexibility index (Phi) is 3.66. The van der Waals surface area contributed by atoms with Gasteiger partial charge in [-0.2, -0.15) is 0 Å². The molecule has 8 heteroatoms. The molecule has 4 fully saturated rings. The zero-order valence-corrected chi connectivity index (χ0v) is 16.3. The third kappa shape index (κ3) is 2.34. The van der Waals surface area contributed by atoms with Crippen LogP contribution in [-0.2, 0) is 20.8 Å². The largest absolute Gasteiger partial charge is 0.371 e. The van der Waals surface area contributed by atoms with Crippen LogP contribution in [0.3, 0.4) is 0 Å². The highest BCUT2D eigenvalue weighted by Crippen LogP contribution is 2.54. The van der Waals surface area contributed by atoms with Gasteiger partial charge in [-0.3, -0.25) is 9.80 Å². The lowest BCUT2D eigenvalue weighted by Gasteiger charge is -2.47. The molecule has 6 rings (SSSR count). The lowest BCUT2D eigenvalue weighted by Crippen LogP contribution is -2.63. The fourth-order valence-electron chi connectivity index (χ4n) is 4.92. The molecular weight excluding hydrogens is 384 g/mol. The maximum Gasteiger partial charge on any atom is 0.322 e. The minimum absolute atomic E-state index is 0.0300. The number of benzene rings is 2. The van der Waals surface area contributed by atoms with Gasteiger partial charge in [0.25, 0.3) is 0 Å². The van der Waals surface area contributed by atoms with Crippen molar-refractivity contribution in [1.82, 2.24) is 20.4 Å². The number of urea groups is 2. The molecule has 2 N–H and O–H groups in total. The predicted molar refractivity (Wildman–Crippen MR) is 106 cm³/mol. The summed E-state index contributed by atoms with van der Waals surface area (Å²) in [5.41, 5.74) is -0.573. The molecule has 4 aliphatic heterocycles. The zero-order valence-electron chi connectivity index (χ0n) is 16.3. The van der Waals surface area contributed by atoms with Crippen molar-refractivity contribution < 1.29 is 19.1 Å². The van der Waals surface area contributed by atoms with Crippen molar-refractivity contribution in [1.29, 1.82) is 0 Å². The van der Waals surface area contributed by atoms with Gasteiger partial charge in [-0.05, 0) is 0 Å².